The molecule has 12 nitrogen and oxygen atoms in total. The van der Waals surface area contributed by atoms with E-state index in [1.54, 1.807) is 13.8 Å². The molecule has 0 saturated carbocycles. The predicted molar refractivity (Wildman–Crippen MR) is 102 cm³/mol. The minimum Gasteiger partial charge on any atom is -0.726 e. The molecule has 1 unspecified atom stereocenters. The van der Waals surface area contributed by atoms with Crippen molar-refractivity contribution >= 4 is 26.7 Å². The van der Waals surface area contributed by atoms with Gasteiger partial charge in [-0.05, 0) is 0 Å². The second-order valence-electron chi connectivity index (χ2n) is 8.08. The van der Waals surface area contributed by atoms with Crippen LogP contribution in [0.2, 0.25) is 0 Å². The molecule has 0 aromatic rings. The molecule has 0 aromatic heterocycles. The third-order valence-electron chi connectivity index (χ3n) is 4.50. The van der Waals surface area contributed by atoms with Crippen molar-refractivity contribution in [1.82, 2.24) is 5.32 Å². The summed E-state index contributed by atoms with van der Waals surface area (Å²) in [6, 6.07) is 0. The lowest BCUT2D eigenvalue weighted by Gasteiger charge is -2.38. The standard InChI is InChI=1S/C15H33N3O9S2/c1-14(2)15(19)16-6-7-18(5,11-13-27-29(23,24)25)9-8-17(3,4)10-12-26-28(20,21)22/h14H,6-13H2,1-5H3,(H-2,16,19,20,21,22,23,24,25). The molecule has 0 radical (unpaired) electrons. The highest BCUT2D eigenvalue weighted by molar-refractivity contribution is 7.81. The van der Waals surface area contributed by atoms with Gasteiger partial charge in [0, 0.05) is 5.92 Å². The molecule has 29 heavy (non-hydrogen) atoms. The molecule has 0 fully saturated rings. The summed E-state index contributed by atoms with van der Waals surface area (Å²) < 4.78 is 72.9. The molecule has 1 amide bonds. The Morgan fingerprint density at radius 1 is 0.862 bits per heavy atom. The summed E-state index contributed by atoms with van der Waals surface area (Å²) in [5.74, 6) is -0.280. The van der Waals surface area contributed by atoms with Gasteiger partial charge in [0.1, 0.15) is 39.4 Å². The Balaban J connectivity index is 4.86. The van der Waals surface area contributed by atoms with Crippen molar-refractivity contribution in [2.75, 3.05) is 73.6 Å². The summed E-state index contributed by atoms with van der Waals surface area (Å²) in [4.78, 5) is 11.7. The highest BCUT2D eigenvalue weighted by Gasteiger charge is 2.27. The first kappa shape index (κ1) is 28.1. The fourth-order valence-corrected chi connectivity index (χ4v) is 2.92. The van der Waals surface area contributed by atoms with Crippen LogP contribution in [-0.4, -0.2) is 114 Å². The number of hydrogen-bond donors (Lipinski definition) is 1. The van der Waals surface area contributed by atoms with Crippen LogP contribution in [-0.2, 0) is 34.0 Å². The van der Waals surface area contributed by atoms with E-state index in [4.69, 9.17) is 0 Å². The Hall–Kier alpha value is -0.870. The van der Waals surface area contributed by atoms with E-state index in [1.807, 2.05) is 21.1 Å². The van der Waals surface area contributed by atoms with E-state index in [0.29, 0.717) is 35.1 Å². The SMILES string of the molecule is CC(C)C(=O)NCC[N+](C)(CCOS(=O)(=O)[O-])CC[N+](C)(C)CCOS(=O)(=O)[O-]. The first-order valence-corrected chi connectivity index (χ1v) is 11.8. The van der Waals surface area contributed by atoms with E-state index < -0.39 is 20.8 Å². The third kappa shape index (κ3) is 15.6. The summed E-state index contributed by atoms with van der Waals surface area (Å²) in [5, 5.41) is 2.79. The van der Waals surface area contributed by atoms with Crippen molar-refractivity contribution in [2.45, 2.75) is 13.8 Å². The van der Waals surface area contributed by atoms with Crippen LogP contribution in [0, 0.1) is 5.92 Å². The number of amides is 1. The van der Waals surface area contributed by atoms with Gasteiger partial charge in [0.25, 0.3) is 0 Å². The lowest BCUT2D eigenvalue weighted by atomic mass is 10.2. The highest BCUT2D eigenvalue weighted by Crippen LogP contribution is 2.07. The number of quaternary nitrogens is 2. The van der Waals surface area contributed by atoms with Crippen LogP contribution < -0.4 is 5.32 Å². The van der Waals surface area contributed by atoms with E-state index in [9.17, 15) is 30.7 Å². The Morgan fingerprint density at radius 3 is 1.79 bits per heavy atom. The van der Waals surface area contributed by atoms with Gasteiger partial charge in [0.15, 0.2) is 0 Å². The molecule has 174 valence electrons. The van der Waals surface area contributed by atoms with Gasteiger partial charge >= 0.3 is 0 Å². The van der Waals surface area contributed by atoms with Crippen molar-refractivity contribution in [1.29, 1.82) is 0 Å². The van der Waals surface area contributed by atoms with Crippen LogP contribution in [0.15, 0.2) is 0 Å². The summed E-state index contributed by atoms with van der Waals surface area (Å²) >= 11 is 0. The van der Waals surface area contributed by atoms with Crippen molar-refractivity contribution in [3.8, 4) is 0 Å². The molecule has 0 heterocycles. The molecule has 0 aliphatic heterocycles. The number of carbonyl (C=O) groups excluding carboxylic acids is 1. The molecule has 0 saturated heterocycles. The molecular weight excluding hydrogens is 430 g/mol. The summed E-state index contributed by atoms with van der Waals surface area (Å²) in [6.07, 6.45) is 0. The maximum Gasteiger partial charge on any atom is 0.222 e. The monoisotopic (exact) mass is 463 g/mol. The Kier molecular flexibility index (Phi) is 11.2. The van der Waals surface area contributed by atoms with Gasteiger partial charge in [0.2, 0.25) is 26.7 Å². The third-order valence-corrected chi connectivity index (χ3v) is 5.41. The fourth-order valence-electron chi connectivity index (χ4n) is 2.36. The molecule has 0 aliphatic carbocycles. The van der Waals surface area contributed by atoms with Gasteiger partial charge in [-0.25, -0.2) is 16.8 Å². The highest BCUT2D eigenvalue weighted by atomic mass is 32.3. The molecule has 1 atom stereocenters. The molecule has 0 aliphatic rings. The number of likely N-dealkylation sites (N-methyl/N-ethyl adjacent to an activating group) is 2. The molecule has 1 N–H and O–H groups in total. The number of hydrogen-bond acceptors (Lipinski definition) is 9. The molecule has 14 heteroatoms. The Labute approximate surface area is 173 Å². The van der Waals surface area contributed by atoms with Crippen LogP contribution in [0.4, 0.5) is 0 Å². The largest absolute Gasteiger partial charge is 0.726 e. The second-order valence-corrected chi connectivity index (χ2v) is 10.2. The van der Waals surface area contributed by atoms with Crippen LogP contribution in [0.25, 0.3) is 0 Å². The minimum absolute atomic E-state index is 0.109. The van der Waals surface area contributed by atoms with Crippen LogP contribution in [0.1, 0.15) is 13.8 Å². The van der Waals surface area contributed by atoms with Crippen LogP contribution in [0.3, 0.4) is 0 Å². The van der Waals surface area contributed by atoms with Crippen molar-refractivity contribution in [3.63, 3.8) is 0 Å². The Bertz CT molecular complexity index is 723. The number of nitrogens with zero attached hydrogens (tertiary/aromatic N) is 2. The lowest BCUT2D eigenvalue weighted by molar-refractivity contribution is -0.954. The molecule has 0 bridgehead atoms. The maximum absolute atomic E-state index is 11.7. The van der Waals surface area contributed by atoms with Crippen LogP contribution >= 0.6 is 0 Å². The van der Waals surface area contributed by atoms with E-state index in [1.165, 1.54) is 0 Å². The van der Waals surface area contributed by atoms with Gasteiger partial charge in [-0.2, -0.15) is 0 Å². The van der Waals surface area contributed by atoms with Crippen molar-refractivity contribution in [3.05, 3.63) is 0 Å². The predicted octanol–water partition coefficient (Wildman–Crippen LogP) is -1.76. The first-order chi connectivity index (χ1) is 12.9. The van der Waals surface area contributed by atoms with Crippen LogP contribution in [0.5, 0.6) is 0 Å². The summed E-state index contributed by atoms with van der Waals surface area (Å²) in [5.41, 5.74) is 0. The van der Waals surface area contributed by atoms with E-state index >= 15 is 0 Å². The van der Waals surface area contributed by atoms with Gasteiger partial charge in [0.05, 0.1) is 34.2 Å². The molecular formula is C15H33N3O9S2. The van der Waals surface area contributed by atoms with Gasteiger partial charge < -0.3 is 23.4 Å². The zero-order chi connectivity index (χ0) is 22.9. The van der Waals surface area contributed by atoms with E-state index in [-0.39, 0.29) is 38.1 Å². The van der Waals surface area contributed by atoms with E-state index in [0.717, 1.165) is 0 Å². The quantitative estimate of drug-likeness (QED) is 0.168. The number of carbonyl (C=O) groups is 1. The van der Waals surface area contributed by atoms with Crippen molar-refractivity contribution in [2.24, 2.45) is 5.92 Å². The number of rotatable bonds is 15. The lowest BCUT2D eigenvalue weighted by Crippen LogP contribution is -2.56. The second kappa shape index (κ2) is 11.5. The zero-order valence-electron chi connectivity index (χ0n) is 17.6. The first-order valence-electron chi connectivity index (χ1n) is 9.08. The topological polar surface area (TPSA) is 162 Å². The normalized spacial score (nSPS) is 15.3. The minimum atomic E-state index is -4.80. The van der Waals surface area contributed by atoms with Gasteiger partial charge in [-0.3, -0.25) is 13.2 Å². The molecule has 0 rings (SSSR count). The summed E-state index contributed by atoms with van der Waals surface area (Å²) in [7, 11) is -4.07. The van der Waals surface area contributed by atoms with E-state index in [2.05, 4.69) is 13.7 Å². The van der Waals surface area contributed by atoms with Gasteiger partial charge in [-0.1, -0.05) is 13.8 Å². The maximum atomic E-state index is 11.7. The van der Waals surface area contributed by atoms with Gasteiger partial charge in [-0.15, -0.1) is 0 Å². The molecule has 0 aromatic carbocycles. The smallest absolute Gasteiger partial charge is 0.222 e. The fraction of sp³-hybridized carbons (Fsp3) is 0.933. The summed E-state index contributed by atoms with van der Waals surface area (Å²) in [6.45, 7) is 5.30. The average molecular weight is 464 g/mol. The molecule has 0 spiro atoms. The zero-order valence-corrected chi connectivity index (χ0v) is 19.3. The Morgan fingerprint density at radius 2 is 1.34 bits per heavy atom. The van der Waals surface area contributed by atoms with Crippen molar-refractivity contribution < 1.29 is 48.1 Å². The number of nitrogens with one attached hydrogen (secondary N) is 1. The average Bonchev–Trinajstić information content (AvgIpc) is 2.50.